The summed E-state index contributed by atoms with van der Waals surface area (Å²) >= 11 is 6.08. The minimum absolute atomic E-state index is 0.0357. The van der Waals surface area contributed by atoms with Gasteiger partial charge in [-0.25, -0.2) is 9.07 Å². The number of aromatic nitrogens is 1. The summed E-state index contributed by atoms with van der Waals surface area (Å²) in [6.45, 7) is 0.198. The molecule has 5 rings (SSSR count). The number of carbonyl (C=O) groups excluding carboxylic acids is 3. The highest BCUT2D eigenvalue weighted by Crippen LogP contribution is 2.32. The van der Waals surface area contributed by atoms with Gasteiger partial charge in [-0.1, -0.05) is 17.7 Å². The molecule has 1 aromatic heterocycles. The van der Waals surface area contributed by atoms with E-state index in [1.165, 1.54) is 35.0 Å². The lowest BCUT2D eigenvalue weighted by atomic mass is 10.2. The van der Waals surface area contributed by atoms with Gasteiger partial charge in [-0.2, -0.15) is 0 Å². The van der Waals surface area contributed by atoms with Crippen molar-refractivity contribution >= 4 is 45.9 Å². The lowest BCUT2D eigenvalue weighted by molar-refractivity contribution is -0.136. The summed E-state index contributed by atoms with van der Waals surface area (Å²) in [4.78, 5) is 38.2. The van der Waals surface area contributed by atoms with Gasteiger partial charge in [0.1, 0.15) is 11.5 Å². The van der Waals surface area contributed by atoms with Crippen molar-refractivity contribution in [2.45, 2.75) is 6.54 Å². The third-order valence-corrected chi connectivity index (χ3v) is 5.64. The fourth-order valence-electron chi connectivity index (χ4n) is 3.67. The van der Waals surface area contributed by atoms with E-state index in [1.54, 1.807) is 36.4 Å². The predicted octanol–water partition coefficient (Wildman–Crippen LogP) is 3.80. The summed E-state index contributed by atoms with van der Waals surface area (Å²) in [6.07, 6.45) is 0. The molecule has 36 heavy (non-hydrogen) atoms. The summed E-state index contributed by atoms with van der Waals surface area (Å²) in [7, 11) is 0. The Morgan fingerprint density at radius 3 is 2.50 bits per heavy atom. The van der Waals surface area contributed by atoms with E-state index in [9.17, 15) is 18.8 Å². The standard InChI is InChI=1S/C25H18ClFN4O5/c26-16-2-7-19-15(10-16)11-20(23(32)29-18-5-3-17(27)4-6-18)31(19)30-25(34)24(33)28-12-14-1-8-21-22(9-14)36-13-35-21/h1-11H,12-13H2,(H,28,33)(H,29,32)(H,30,34). The van der Waals surface area contributed by atoms with Crippen LogP contribution in [-0.4, -0.2) is 29.2 Å². The van der Waals surface area contributed by atoms with Crippen LogP contribution in [0.2, 0.25) is 5.02 Å². The first-order valence-corrected chi connectivity index (χ1v) is 11.1. The zero-order valence-corrected chi connectivity index (χ0v) is 19.3. The number of ether oxygens (including phenoxy) is 2. The molecule has 0 atom stereocenters. The number of hydrogen-bond acceptors (Lipinski definition) is 5. The highest BCUT2D eigenvalue weighted by Gasteiger charge is 2.21. The Morgan fingerprint density at radius 2 is 1.69 bits per heavy atom. The molecule has 1 aliphatic rings. The van der Waals surface area contributed by atoms with E-state index in [-0.39, 0.29) is 19.0 Å². The number of anilines is 1. The van der Waals surface area contributed by atoms with Gasteiger partial charge in [-0.05, 0) is 66.2 Å². The fourth-order valence-corrected chi connectivity index (χ4v) is 3.85. The van der Waals surface area contributed by atoms with Crippen LogP contribution in [0.5, 0.6) is 11.5 Å². The van der Waals surface area contributed by atoms with Crippen LogP contribution in [-0.2, 0) is 16.1 Å². The van der Waals surface area contributed by atoms with Gasteiger partial charge in [0.25, 0.3) is 5.91 Å². The van der Waals surface area contributed by atoms with Crippen LogP contribution in [0, 0.1) is 5.82 Å². The molecule has 0 saturated carbocycles. The SMILES string of the molecule is O=C(NCc1ccc2c(c1)OCO2)C(=O)Nn1c(C(=O)Nc2ccc(F)cc2)cc2cc(Cl)ccc21. The second-order valence-corrected chi connectivity index (χ2v) is 8.28. The first-order chi connectivity index (χ1) is 17.4. The number of halogens is 2. The van der Waals surface area contributed by atoms with Gasteiger partial charge in [0.05, 0.1) is 5.52 Å². The second kappa shape index (κ2) is 9.59. The average Bonchev–Trinajstić information content (AvgIpc) is 3.48. The number of fused-ring (bicyclic) bond motifs is 2. The van der Waals surface area contributed by atoms with Crippen molar-refractivity contribution in [3.05, 3.63) is 88.8 Å². The molecule has 1 aliphatic heterocycles. The molecule has 4 aromatic rings. The lowest BCUT2D eigenvalue weighted by Crippen LogP contribution is -2.39. The van der Waals surface area contributed by atoms with Gasteiger partial charge in [-0.15, -0.1) is 0 Å². The predicted molar refractivity (Wildman–Crippen MR) is 130 cm³/mol. The zero-order valence-electron chi connectivity index (χ0n) is 18.5. The van der Waals surface area contributed by atoms with E-state index in [4.69, 9.17) is 21.1 Å². The summed E-state index contributed by atoms with van der Waals surface area (Å²) < 4.78 is 25.0. The number of rotatable bonds is 5. The maximum absolute atomic E-state index is 13.2. The number of nitrogens with zero attached hydrogens (tertiary/aromatic N) is 1. The lowest BCUT2D eigenvalue weighted by Gasteiger charge is -2.13. The summed E-state index contributed by atoms with van der Waals surface area (Å²) in [5.74, 6) is -1.77. The van der Waals surface area contributed by atoms with Crippen LogP contribution in [0.25, 0.3) is 10.9 Å². The Labute approximate surface area is 208 Å². The minimum Gasteiger partial charge on any atom is -0.454 e. The van der Waals surface area contributed by atoms with E-state index in [1.807, 2.05) is 0 Å². The van der Waals surface area contributed by atoms with Gasteiger partial charge in [-0.3, -0.25) is 19.8 Å². The molecule has 3 amide bonds. The quantitative estimate of drug-likeness (QED) is 0.355. The number of amides is 3. The van der Waals surface area contributed by atoms with Crippen LogP contribution >= 0.6 is 11.6 Å². The molecule has 2 heterocycles. The molecule has 0 radical (unpaired) electrons. The van der Waals surface area contributed by atoms with E-state index < -0.39 is 23.5 Å². The Kier molecular flexibility index (Phi) is 6.17. The van der Waals surface area contributed by atoms with Crippen LogP contribution in [0.15, 0.2) is 66.7 Å². The topological polar surface area (TPSA) is 111 Å². The third-order valence-electron chi connectivity index (χ3n) is 5.41. The molecule has 0 aliphatic carbocycles. The molecule has 0 spiro atoms. The number of hydrogen-bond donors (Lipinski definition) is 3. The molecular weight excluding hydrogens is 491 g/mol. The van der Waals surface area contributed by atoms with Gasteiger partial charge in [0.2, 0.25) is 6.79 Å². The van der Waals surface area contributed by atoms with Crippen molar-refractivity contribution in [1.82, 2.24) is 9.99 Å². The molecule has 0 saturated heterocycles. The van der Waals surface area contributed by atoms with Crippen LogP contribution < -0.4 is 25.5 Å². The summed E-state index contributed by atoms with van der Waals surface area (Å²) in [6, 6.07) is 16.7. The van der Waals surface area contributed by atoms with Crippen molar-refractivity contribution in [3.8, 4) is 11.5 Å². The highest BCUT2D eigenvalue weighted by molar-refractivity contribution is 6.38. The van der Waals surface area contributed by atoms with Gasteiger partial charge in [0.15, 0.2) is 11.5 Å². The molecule has 0 bridgehead atoms. The second-order valence-electron chi connectivity index (χ2n) is 7.84. The molecular formula is C25H18ClFN4O5. The first-order valence-electron chi connectivity index (χ1n) is 10.7. The van der Waals surface area contributed by atoms with Crippen molar-refractivity contribution in [3.63, 3.8) is 0 Å². The molecule has 182 valence electrons. The summed E-state index contributed by atoms with van der Waals surface area (Å²) in [5, 5.41) is 6.16. The molecule has 3 N–H and O–H groups in total. The van der Waals surface area contributed by atoms with Gasteiger partial charge < -0.3 is 20.1 Å². The van der Waals surface area contributed by atoms with Gasteiger partial charge >= 0.3 is 11.8 Å². The van der Waals surface area contributed by atoms with Crippen molar-refractivity contribution in [2.75, 3.05) is 17.5 Å². The van der Waals surface area contributed by atoms with E-state index in [0.717, 1.165) is 0 Å². The monoisotopic (exact) mass is 508 g/mol. The Morgan fingerprint density at radius 1 is 0.917 bits per heavy atom. The molecule has 0 fully saturated rings. The smallest absolute Gasteiger partial charge is 0.328 e. The van der Waals surface area contributed by atoms with Crippen LogP contribution in [0.4, 0.5) is 10.1 Å². The van der Waals surface area contributed by atoms with Crippen molar-refractivity contribution in [2.24, 2.45) is 0 Å². The third kappa shape index (κ3) is 4.80. The zero-order chi connectivity index (χ0) is 25.2. The molecule has 9 nitrogen and oxygen atoms in total. The maximum atomic E-state index is 13.2. The Hall–Kier alpha value is -4.57. The largest absolute Gasteiger partial charge is 0.454 e. The number of carbonyl (C=O) groups is 3. The Bertz CT molecular complexity index is 1500. The van der Waals surface area contributed by atoms with Gasteiger partial charge in [0, 0.05) is 22.6 Å². The van der Waals surface area contributed by atoms with Crippen molar-refractivity contribution < 1.29 is 28.2 Å². The number of nitrogens with one attached hydrogen (secondary N) is 3. The van der Waals surface area contributed by atoms with E-state index in [2.05, 4.69) is 16.1 Å². The van der Waals surface area contributed by atoms with Crippen molar-refractivity contribution in [1.29, 1.82) is 0 Å². The minimum atomic E-state index is -0.987. The normalized spacial score (nSPS) is 11.8. The fraction of sp³-hybridized carbons (Fsp3) is 0.0800. The summed E-state index contributed by atoms with van der Waals surface area (Å²) in [5.41, 5.74) is 4.00. The van der Waals surface area contributed by atoms with E-state index >= 15 is 0 Å². The number of benzene rings is 3. The first kappa shape index (κ1) is 23.2. The molecule has 0 unspecified atom stereocenters. The Balaban J connectivity index is 1.34. The highest BCUT2D eigenvalue weighted by atomic mass is 35.5. The molecule has 11 heteroatoms. The molecule has 3 aromatic carbocycles. The van der Waals surface area contributed by atoms with Crippen LogP contribution in [0.3, 0.4) is 0 Å². The maximum Gasteiger partial charge on any atom is 0.328 e. The average molecular weight is 509 g/mol. The van der Waals surface area contributed by atoms with E-state index in [0.29, 0.717) is 38.7 Å². The van der Waals surface area contributed by atoms with Crippen LogP contribution in [0.1, 0.15) is 16.1 Å².